The molecule has 11 rings (SSSR count). The molecule has 0 amide bonds. The molecule has 0 unspecified atom stereocenters. The molecule has 262 valence electrons. The molecule has 0 saturated heterocycles. The van der Waals surface area contributed by atoms with Crippen molar-refractivity contribution < 1.29 is 42.8 Å². The monoisotopic (exact) mass is 760 g/mol. The Labute approximate surface area is 367 Å². The maximum Gasteiger partial charge on any atom is 0.180 e. The van der Waals surface area contributed by atoms with Gasteiger partial charge >= 0.3 is 0 Å². The van der Waals surface area contributed by atoms with Gasteiger partial charge < -0.3 is 4.42 Å². The summed E-state index contributed by atoms with van der Waals surface area (Å²) in [6.07, 6.45) is 0.997. The standard InChI is InChI=1S/C52H32N2OS/c1-2-9-33(10-3-1)34-19-21-35(22-20-34)38-11-6-13-40(29-38)41-27-28-47-46(31-41)50-51(55-47)49(53-32-54-50)42-14-7-12-39(30-42)36-23-25-37(26-24-36)43-16-8-17-45-44-15-4-5-18-48(44)56-52(43)45/h1-32H/i1D,2D,3D,4D,5D,6D,7D,8D,9D,10D,11D,12D,13D,14D,15D,16D,17D,18D,19D,20D,21D,22D,23D,24D,25D,26D,29D,30D. The zero-order valence-electron chi connectivity index (χ0n) is 56.0. The molecule has 8 aromatic carbocycles. The third-order valence-electron chi connectivity index (χ3n) is 8.71. The van der Waals surface area contributed by atoms with Crippen LogP contribution in [0.1, 0.15) is 38.4 Å². The lowest BCUT2D eigenvalue weighted by atomic mass is 9.96. The Balaban J connectivity index is 1.08. The van der Waals surface area contributed by atoms with Gasteiger partial charge in [0, 0.05) is 31.1 Å². The number of fused-ring (bicyclic) bond motifs is 6. The molecule has 0 spiro atoms. The molecule has 11 aromatic rings. The maximum atomic E-state index is 9.55. The summed E-state index contributed by atoms with van der Waals surface area (Å²) in [7, 11) is 0. The lowest BCUT2D eigenvalue weighted by Gasteiger charge is -2.08. The van der Waals surface area contributed by atoms with Crippen LogP contribution in [0.3, 0.4) is 0 Å². The number of aromatic nitrogens is 2. The van der Waals surface area contributed by atoms with E-state index in [2.05, 4.69) is 9.97 Å². The zero-order valence-corrected chi connectivity index (χ0v) is 28.8. The van der Waals surface area contributed by atoms with Crippen LogP contribution in [0.25, 0.3) is 109 Å². The smallest absolute Gasteiger partial charge is 0.180 e. The second kappa shape index (κ2) is 13.3. The van der Waals surface area contributed by atoms with Gasteiger partial charge in [-0.2, -0.15) is 0 Å². The average molecular weight is 761 g/mol. The van der Waals surface area contributed by atoms with Gasteiger partial charge in [-0.3, -0.25) is 0 Å². The Kier molecular flexibility index (Phi) is 3.53. The predicted molar refractivity (Wildman–Crippen MR) is 235 cm³/mol. The number of furan rings is 1. The van der Waals surface area contributed by atoms with Crippen LogP contribution < -0.4 is 0 Å². The minimum atomic E-state index is -0.900. The second-order valence-corrected chi connectivity index (χ2v) is 13.0. The van der Waals surface area contributed by atoms with Crippen LogP contribution in [0, 0.1) is 0 Å². The van der Waals surface area contributed by atoms with E-state index in [1.54, 1.807) is 0 Å². The summed E-state index contributed by atoms with van der Waals surface area (Å²) in [6, 6.07) is -17.7. The van der Waals surface area contributed by atoms with Gasteiger partial charge in [-0.15, -0.1) is 11.3 Å². The first-order chi connectivity index (χ1) is 39.4. The summed E-state index contributed by atoms with van der Waals surface area (Å²) in [5, 5.41) is -0.221. The van der Waals surface area contributed by atoms with Crippen LogP contribution in [-0.4, -0.2) is 9.97 Å². The third kappa shape index (κ3) is 5.58. The van der Waals surface area contributed by atoms with Crippen LogP contribution in [0.2, 0.25) is 0 Å². The highest BCUT2D eigenvalue weighted by atomic mass is 32.1. The minimum Gasteiger partial charge on any atom is -0.452 e. The molecule has 0 fully saturated rings. The van der Waals surface area contributed by atoms with Gasteiger partial charge in [0.05, 0.1) is 38.4 Å². The summed E-state index contributed by atoms with van der Waals surface area (Å²) in [4.78, 5) is 8.67. The SMILES string of the molecule is [2H]c1c([2H])c([2H])c(-c2c([2H])c([2H])c(-c3c([2H])c([2H])c([2H])c(-c4ccc5oc6c(-c7c([2H])c([2H])c([2H])c(-c8c([2H])c([2H])c(-c9c([2H])c([2H])c([2H])c%10c9sc9c([2H])c([2H])c([2H])c([2H])c9%10)c([2H])c8[2H])c7[2H])ncnc6c5c4)c3[2H])c([2H])c2[2H])c([2H])c1[2H]. The Morgan fingerprint density at radius 1 is 0.446 bits per heavy atom. The molecule has 0 saturated carbocycles. The van der Waals surface area contributed by atoms with E-state index in [1.165, 1.54) is 18.2 Å². The molecular formula is C52H32N2OS. The Bertz CT molecular complexity index is 4810. The minimum absolute atomic E-state index is 0.00366. The van der Waals surface area contributed by atoms with Gasteiger partial charge in [0.2, 0.25) is 0 Å². The number of hydrogen-bond acceptors (Lipinski definition) is 4. The van der Waals surface area contributed by atoms with Crippen molar-refractivity contribution in [2.24, 2.45) is 0 Å². The van der Waals surface area contributed by atoms with Crippen molar-refractivity contribution in [1.29, 1.82) is 0 Å². The van der Waals surface area contributed by atoms with E-state index in [0.717, 1.165) is 6.33 Å². The summed E-state index contributed by atoms with van der Waals surface area (Å²) in [5.41, 5.74) is -6.33. The number of hydrogen-bond donors (Lipinski definition) is 0. The molecule has 0 aliphatic heterocycles. The molecule has 0 N–H and O–H groups in total. The van der Waals surface area contributed by atoms with Crippen LogP contribution >= 0.6 is 11.3 Å². The Hall–Kier alpha value is -7.14. The molecule has 0 bridgehead atoms. The Morgan fingerprint density at radius 2 is 1.02 bits per heavy atom. The normalized spacial score (nSPS) is 18.6. The molecule has 0 radical (unpaired) electrons. The molecule has 0 aliphatic carbocycles. The molecule has 4 heteroatoms. The number of thiophene rings is 1. The van der Waals surface area contributed by atoms with Gasteiger partial charge in [0.15, 0.2) is 5.58 Å². The highest BCUT2D eigenvalue weighted by Gasteiger charge is 2.17. The summed E-state index contributed by atoms with van der Waals surface area (Å²) >= 11 is 0.702. The van der Waals surface area contributed by atoms with Crippen LogP contribution in [0.15, 0.2) is 198 Å². The van der Waals surface area contributed by atoms with Crippen molar-refractivity contribution in [3.63, 3.8) is 0 Å². The zero-order chi connectivity index (χ0) is 61.4. The third-order valence-corrected chi connectivity index (χ3v) is 9.84. The molecule has 0 atom stereocenters. The van der Waals surface area contributed by atoms with Crippen molar-refractivity contribution in [2.45, 2.75) is 0 Å². The fourth-order valence-corrected chi connectivity index (χ4v) is 7.19. The predicted octanol–water partition coefficient (Wildman–Crippen LogP) is 14.7. The van der Waals surface area contributed by atoms with Crippen molar-refractivity contribution in [2.75, 3.05) is 0 Å². The van der Waals surface area contributed by atoms with E-state index in [-0.39, 0.29) is 59.1 Å². The molecular weight excluding hydrogens is 701 g/mol. The lowest BCUT2D eigenvalue weighted by molar-refractivity contribution is 0.667. The topological polar surface area (TPSA) is 38.9 Å². The molecule has 0 aliphatic rings. The first-order valence-corrected chi connectivity index (χ1v) is 17.3. The molecule has 3 nitrogen and oxygen atoms in total. The summed E-state index contributed by atoms with van der Waals surface area (Å²) < 4.78 is 253. The molecule has 56 heavy (non-hydrogen) atoms. The van der Waals surface area contributed by atoms with Gasteiger partial charge in [0.1, 0.15) is 23.1 Å². The number of rotatable bonds is 6. The van der Waals surface area contributed by atoms with Gasteiger partial charge in [-0.05, 0) is 85.9 Å². The lowest BCUT2D eigenvalue weighted by Crippen LogP contribution is -1.88. The summed E-state index contributed by atoms with van der Waals surface area (Å²) in [5.74, 6) is 0. The second-order valence-electron chi connectivity index (χ2n) is 12.0. The van der Waals surface area contributed by atoms with Gasteiger partial charge in [-0.25, -0.2) is 9.97 Å². The van der Waals surface area contributed by atoms with Crippen molar-refractivity contribution in [3.05, 3.63) is 194 Å². The van der Waals surface area contributed by atoms with E-state index in [1.807, 2.05) is 0 Å². The number of nitrogens with zero attached hydrogens (tertiary/aromatic N) is 2. The van der Waals surface area contributed by atoms with Gasteiger partial charge in [0.25, 0.3) is 0 Å². The maximum absolute atomic E-state index is 9.55. The highest BCUT2D eigenvalue weighted by molar-refractivity contribution is 7.26. The molecule has 3 heterocycles. The first-order valence-electron chi connectivity index (χ1n) is 30.5. The van der Waals surface area contributed by atoms with Crippen LogP contribution in [0.4, 0.5) is 0 Å². The number of benzene rings is 8. The summed E-state index contributed by atoms with van der Waals surface area (Å²) in [6.45, 7) is 0. The van der Waals surface area contributed by atoms with E-state index in [0.29, 0.717) is 11.3 Å². The van der Waals surface area contributed by atoms with E-state index in [9.17, 15) is 8.22 Å². The van der Waals surface area contributed by atoms with Gasteiger partial charge in [-0.1, -0.05) is 157 Å². The molecule has 3 aromatic heterocycles. The average Bonchev–Trinajstić information content (AvgIpc) is 1.50. The van der Waals surface area contributed by atoms with Crippen molar-refractivity contribution >= 4 is 53.6 Å². The van der Waals surface area contributed by atoms with Crippen molar-refractivity contribution in [3.8, 4) is 66.9 Å². The van der Waals surface area contributed by atoms with E-state index in [4.69, 9.17) is 34.6 Å². The van der Waals surface area contributed by atoms with E-state index >= 15 is 0 Å². The largest absolute Gasteiger partial charge is 0.452 e. The first kappa shape index (κ1) is 14.8. The fraction of sp³-hybridized carbons (Fsp3) is 0. The van der Waals surface area contributed by atoms with Crippen LogP contribution in [0.5, 0.6) is 0 Å². The van der Waals surface area contributed by atoms with E-state index < -0.39 is 219 Å². The highest BCUT2D eigenvalue weighted by Crippen LogP contribution is 2.41. The Morgan fingerprint density at radius 3 is 1.79 bits per heavy atom. The van der Waals surface area contributed by atoms with Crippen molar-refractivity contribution in [1.82, 2.24) is 9.97 Å². The fourth-order valence-electron chi connectivity index (χ4n) is 6.11. The quantitative estimate of drug-likeness (QED) is 0.169. The van der Waals surface area contributed by atoms with Crippen LogP contribution in [-0.2, 0) is 0 Å².